The topological polar surface area (TPSA) is 82.8 Å². The molecule has 1 unspecified atom stereocenters. The van der Waals surface area contributed by atoms with Gasteiger partial charge in [0.2, 0.25) is 5.91 Å². The van der Waals surface area contributed by atoms with Crippen molar-refractivity contribution in [2.24, 2.45) is 0 Å². The molecule has 0 aliphatic carbocycles. The number of hydrogen-bond donors (Lipinski definition) is 2. The van der Waals surface area contributed by atoms with Crippen molar-refractivity contribution < 1.29 is 19.1 Å². The summed E-state index contributed by atoms with van der Waals surface area (Å²) in [5.41, 5.74) is 1.03. The van der Waals surface area contributed by atoms with Gasteiger partial charge in [0.25, 0.3) is 5.91 Å². The molecule has 0 bridgehead atoms. The third-order valence-corrected chi connectivity index (χ3v) is 5.54. The van der Waals surface area contributed by atoms with Gasteiger partial charge in [0.1, 0.15) is 10.1 Å². The van der Waals surface area contributed by atoms with Crippen molar-refractivity contribution in [2.45, 2.75) is 18.9 Å². The number of benzene rings is 1. The molecule has 1 aliphatic heterocycles. The number of nitrogens with zero attached hydrogens (tertiary/aromatic N) is 1. The van der Waals surface area contributed by atoms with E-state index in [2.05, 4.69) is 5.32 Å². The number of nitrogens with one attached hydrogen (secondary N) is 1. The fourth-order valence-electron chi connectivity index (χ4n) is 2.77. The summed E-state index contributed by atoms with van der Waals surface area (Å²) in [4.78, 5) is 26.7. The van der Waals surface area contributed by atoms with Gasteiger partial charge in [-0.25, -0.2) is 0 Å². The van der Waals surface area contributed by atoms with Gasteiger partial charge in [0, 0.05) is 19.0 Å². The lowest BCUT2D eigenvalue weighted by Crippen LogP contribution is -2.41. The van der Waals surface area contributed by atoms with Crippen LogP contribution in [0.15, 0.2) is 58.1 Å². The predicted octanol–water partition coefficient (Wildman–Crippen LogP) is 2.59. The van der Waals surface area contributed by atoms with Crippen LogP contribution in [0.3, 0.4) is 0 Å². The van der Waals surface area contributed by atoms with E-state index in [0.29, 0.717) is 21.4 Å². The molecule has 3 rings (SSSR count). The van der Waals surface area contributed by atoms with Crippen LogP contribution in [0.4, 0.5) is 0 Å². The monoisotopic (exact) mass is 416 g/mol. The Morgan fingerprint density at radius 1 is 1.29 bits per heavy atom. The normalized spacial score (nSPS) is 16.6. The highest BCUT2D eigenvalue weighted by Crippen LogP contribution is 2.32. The van der Waals surface area contributed by atoms with Gasteiger partial charge in [-0.05, 0) is 24.1 Å². The summed E-state index contributed by atoms with van der Waals surface area (Å²) in [5.74, 6) is 0.103. The molecule has 2 amide bonds. The van der Waals surface area contributed by atoms with Crippen molar-refractivity contribution >= 4 is 46.2 Å². The molecule has 1 aromatic heterocycles. The van der Waals surface area contributed by atoms with Crippen molar-refractivity contribution in [1.82, 2.24) is 10.2 Å². The number of rotatable bonds is 8. The van der Waals surface area contributed by atoms with Gasteiger partial charge in [0.05, 0.1) is 23.8 Å². The van der Waals surface area contributed by atoms with E-state index in [1.165, 1.54) is 22.9 Å². The molecule has 146 valence electrons. The van der Waals surface area contributed by atoms with E-state index in [0.717, 1.165) is 5.56 Å². The molecular weight excluding hydrogens is 396 g/mol. The van der Waals surface area contributed by atoms with E-state index in [4.69, 9.17) is 16.6 Å². The summed E-state index contributed by atoms with van der Waals surface area (Å²) in [7, 11) is 0. The lowest BCUT2D eigenvalue weighted by Gasteiger charge is -2.18. The second-order valence-electron chi connectivity index (χ2n) is 6.24. The van der Waals surface area contributed by atoms with Crippen molar-refractivity contribution in [2.75, 3.05) is 13.2 Å². The molecule has 2 aromatic rings. The molecule has 8 heteroatoms. The molecule has 0 spiro atoms. The van der Waals surface area contributed by atoms with Crippen LogP contribution in [0.1, 0.15) is 17.7 Å². The van der Waals surface area contributed by atoms with Crippen LogP contribution < -0.4 is 5.32 Å². The lowest BCUT2D eigenvalue weighted by atomic mass is 10.1. The molecular formula is C20H20N2O4S2. The van der Waals surface area contributed by atoms with Gasteiger partial charge in [0.15, 0.2) is 0 Å². The molecule has 2 N–H and O–H groups in total. The summed E-state index contributed by atoms with van der Waals surface area (Å²) >= 11 is 6.45. The van der Waals surface area contributed by atoms with Crippen LogP contribution >= 0.6 is 24.0 Å². The fraction of sp³-hybridized carbons (Fsp3) is 0.250. The number of carbonyl (C=O) groups excluding carboxylic acids is 2. The second kappa shape index (κ2) is 9.68. The number of furan rings is 1. The molecule has 1 atom stereocenters. The van der Waals surface area contributed by atoms with Crippen LogP contribution in [0, 0.1) is 0 Å². The highest BCUT2D eigenvalue weighted by molar-refractivity contribution is 8.26. The average Bonchev–Trinajstić information content (AvgIpc) is 3.29. The molecule has 1 fully saturated rings. The zero-order valence-corrected chi connectivity index (χ0v) is 16.7. The minimum absolute atomic E-state index is 0.103. The average molecular weight is 417 g/mol. The summed E-state index contributed by atoms with van der Waals surface area (Å²) in [5, 5.41) is 12.3. The quantitative estimate of drug-likeness (QED) is 0.508. The van der Waals surface area contributed by atoms with Crippen LogP contribution in [-0.2, 0) is 16.0 Å². The van der Waals surface area contributed by atoms with Crippen LogP contribution in [0.25, 0.3) is 6.08 Å². The first kappa shape index (κ1) is 20.3. The Kier molecular flexibility index (Phi) is 7.02. The zero-order valence-electron chi connectivity index (χ0n) is 15.0. The summed E-state index contributed by atoms with van der Waals surface area (Å²) in [6.45, 7) is 0.0308. The summed E-state index contributed by atoms with van der Waals surface area (Å²) in [6, 6.07) is 12.7. The van der Waals surface area contributed by atoms with Crippen molar-refractivity contribution in [3.63, 3.8) is 0 Å². The number of thiocarbonyl (C=S) groups is 1. The van der Waals surface area contributed by atoms with Gasteiger partial charge in [-0.15, -0.1) is 0 Å². The third-order valence-electron chi connectivity index (χ3n) is 4.16. The molecule has 6 nitrogen and oxygen atoms in total. The fourth-order valence-corrected chi connectivity index (χ4v) is 4.06. The Hall–Kier alpha value is -2.42. The highest BCUT2D eigenvalue weighted by atomic mass is 32.2. The van der Waals surface area contributed by atoms with Crippen molar-refractivity contribution in [3.05, 3.63) is 65.0 Å². The number of aliphatic hydroxyl groups excluding tert-OH is 1. The van der Waals surface area contributed by atoms with Crippen molar-refractivity contribution in [3.8, 4) is 0 Å². The number of hydrogen-bond acceptors (Lipinski definition) is 6. The van der Waals surface area contributed by atoms with E-state index >= 15 is 0 Å². The maximum atomic E-state index is 12.5. The van der Waals surface area contributed by atoms with E-state index in [9.17, 15) is 14.7 Å². The molecule has 1 aliphatic rings. The van der Waals surface area contributed by atoms with Gasteiger partial charge >= 0.3 is 0 Å². The minimum Gasteiger partial charge on any atom is -0.465 e. The Balaban J connectivity index is 1.52. The number of aliphatic hydroxyl groups is 1. The summed E-state index contributed by atoms with van der Waals surface area (Å²) in [6.07, 6.45) is 3.81. The smallest absolute Gasteiger partial charge is 0.266 e. The highest BCUT2D eigenvalue weighted by Gasteiger charge is 2.32. The molecule has 1 aromatic carbocycles. The maximum absolute atomic E-state index is 12.5. The molecule has 28 heavy (non-hydrogen) atoms. The zero-order chi connectivity index (χ0) is 19.9. The number of thioether (sulfide) groups is 1. The Morgan fingerprint density at radius 3 is 2.75 bits per heavy atom. The lowest BCUT2D eigenvalue weighted by molar-refractivity contribution is -0.124. The van der Waals surface area contributed by atoms with E-state index in [-0.39, 0.29) is 37.4 Å². The van der Waals surface area contributed by atoms with Crippen LogP contribution in [-0.4, -0.2) is 45.3 Å². The predicted molar refractivity (Wildman–Crippen MR) is 112 cm³/mol. The number of carbonyl (C=O) groups is 2. The SMILES string of the molecule is O=C(CCN1C(=O)/C(=C\c2ccco2)SC1=S)NC(CO)Cc1ccccc1. The molecule has 2 heterocycles. The first-order valence-corrected chi connectivity index (χ1v) is 10.0. The largest absolute Gasteiger partial charge is 0.465 e. The Morgan fingerprint density at radius 2 is 2.07 bits per heavy atom. The Bertz CT molecular complexity index is 866. The van der Waals surface area contributed by atoms with E-state index in [1.54, 1.807) is 18.2 Å². The molecule has 0 radical (unpaired) electrons. The van der Waals surface area contributed by atoms with Crippen LogP contribution in [0.2, 0.25) is 0 Å². The van der Waals surface area contributed by atoms with Gasteiger partial charge in [-0.3, -0.25) is 14.5 Å². The molecule has 1 saturated heterocycles. The first-order valence-electron chi connectivity index (χ1n) is 8.80. The van der Waals surface area contributed by atoms with Gasteiger partial charge in [-0.2, -0.15) is 0 Å². The molecule has 0 saturated carbocycles. The minimum atomic E-state index is -0.375. The van der Waals surface area contributed by atoms with E-state index in [1.807, 2.05) is 30.3 Å². The van der Waals surface area contributed by atoms with Crippen LogP contribution in [0.5, 0.6) is 0 Å². The maximum Gasteiger partial charge on any atom is 0.266 e. The third kappa shape index (κ3) is 5.31. The van der Waals surface area contributed by atoms with Gasteiger partial charge < -0.3 is 14.8 Å². The second-order valence-corrected chi connectivity index (χ2v) is 7.91. The Labute approximate surface area is 172 Å². The van der Waals surface area contributed by atoms with Crippen molar-refractivity contribution in [1.29, 1.82) is 0 Å². The summed E-state index contributed by atoms with van der Waals surface area (Å²) < 4.78 is 5.64. The van der Waals surface area contributed by atoms with E-state index < -0.39 is 0 Å². The standard InChI is InChI=1S/C20H20N2O4S2/c23-13-15(11-14-5-2-1-3-6-14)21-18(24)8-9-22-19(25)17(28-20(22)27)12-16-7-4-10-26-16/h1-7,10,12,15,23H,8-9,11,13H2,(H,21,24)/b17-12+. The van der Waals surface area contributed by atoms with Gasteiger partial charge in [-0.1, -0.05) is 54.3 Å². The first-order chi connectivity index (χ1) is 13.6. The number of amides is 2.